The van der Waals surface area contributed by atoms with Crippen LogP contribution in [0.1, 0.15) is 44.6 Å². The summed E-state index contributed by atoms with van der Waals surface area (Å²) in [6, 6.07) is 18.3. The van der Waals surface area contributed by atoms with Crippen LogP contribution in [-0.4, -0.2) is 43.8 Å². The van der Waals surface area contributed by atoms with Gasteiger partial charge in [0.05, 0.1) is 20.6 Å². The molecule has 0 aromatic heterocycles. The molecule has 1 fully saturated rings. The quantitative estimate of drug-likeness (QED) is 0.268. The van der Waals surface area contributed by atoms with Crippen LogP contribution in [0.15, 0.2) is 77.7 Å². The molecule has 7 nitrogen and oxygen atoms in total. The number of nitrogens with zero attached hydrogens (tertiary/aromatic N) is 2. The average Bonchev–Trinajstić information content (AvgIpc) is 2.97. The monoisotopic (exact) mass is 635 g/mol. The van der Waals surface area contributed by atoms with Gasteiger partial charge in [-0.05, 0) is 61.7 Å². The first-order valence-electron chi connectivity index (χ1n) is 13.4. The van der Waals surface area contributed by atoms with Gasteiger partial charge in [0.15, 0.2) is 0 Å². The number of hydrogen-bond donors (Lipinski definition) is 1. The Morgan fingerprint density at radius 3 is 2.20 bits per heavy atom. The fourth-order valence-corrected chi connectivity index (χ4v) is 6.76. The lowest BCUT2D eigenvalue weighted by atomic mass is 9.95. The van der Waals surface area contributed by atoms with Crippen LogP contribution in [0.2, 0.25) is 15.1 Å². The molecule has 1 saturated carbocycles. The lowest BCUT2D eigenvalue weighted by Gasteiger charge is -2.33. The van der Waals surface area contributed by atoms with Gasteiger partial charge in [0.1, 0.15) is 12.6 Å². The van der Waals surface area contributed by atoms with Crippen molar-refractivity contribution >= 4 is 62.3 Å². The summed E-state index contributed by atoms with van der Waals surface area (Å²) < 4.78 is 28.7. The lowest BCUT2D eigenvalue weighted by Crippen LogP contribution is -2.53. The minimum absolute atomic E-state index is 0.000355. The molecular weight excluding hydrogens is 605 g/mol. The largest absolute Gasteiger partial charge is 0.352 e. The highest BCUT2D eigenvalue weighted by molar-refractivity contribution is 7.92. The molecule has 2 amide bonds. The molecule has 218 valence electrons. The molecule has 0 aliphatic heterocycles. The van der Waals surface area contributed by atoms with Gasteiger partial charge in [-0.3, -0.25) is 13.9 Å². The summed E-state index contributed by atoms with van der Waals surface area (Å²) >= 11 is 18.8. The van der Waals surface area contributed by atoms with Gasteiger partial charge in [-0.15, -0.1) is 0 Å². The second kappa shape index (κ2) is 13.9. The molecule has 4 rings (SSSR count). The molecule has 1 aliphatic rings. The van der Waals surface area contributed by atoms with Gasteiger partial charge in [0.2, 0.25) is 11.8 Å². The molecule has 11 heteroatoms. The Bertz CT molecular complexity index is 1480. The predicted octanol–water partition coefficient (Wildman–Crippen LogP) is 6.71. The van der Waals surface area contributed by atoms with Crippen molar-refractivity contribution in [3.63, 3.8) is 0 Å². The maximum Gasteiger partial charge on any atom is 0.264 e. The molecule has 0 radical (unpaired) electrons. The zero-order chi connectivity index (χ0) is 29.6. The van der Waals surface area contributed by atoms with Gasteiger partial charge < -0.3 is 10.2 Å². The topological polar surface area (TPSA) is 86.8 Å². The summed E-state index contributed by atoms with van der Waals surface area (Å²) in [6.45, 7) is 1.07. The van der Waals surface area contributed by atoms with Gasteiger partial charge in [-0.25, -0.2) is 8.42 Å². The fourth-order valence-electron chi connectivity index (χ4n) is 4.85. The van der Waals surface area contributed by atoms with E-state index < -0.39 is 28.5 Å². The lowest BCUT2D eigenvalue weighted by molar-refractivity contribution is -0.139. The number of anilines is 1. The number of benzene rings is 3. The molecule has 1 atom stereocenters. The molecule has 3 aromatic carbocycles. The molecule has 0 spiro atoms. The molecule has 1 aliphatic carbocycles. The fraction of sp³-hybridized carbons (Fsp3) is 0.333. The second-order valence-corrected chi connectivity index (χ2v) is 13.1. The number of rotatable bonds is 10. The number of hydrogen-bond acceptors (Lipinski definition) is 4. The van der Waals surface area contributed by atoms with Gasteiger partial charge in [0, 0.05) is 17.6 Å². The van der Waals surface area contributed by atoms with E-state index in [-0.39, 0.29) is 39.1 Å². The second-order valence-electron chi connectivity index (χ2n) is 10.1. The van der Waals surface area contributed by atoms with Gasteiger partial charge in [-0.2, -0.15) is 0 Å². The molecule has 3 aromatic rings. The van der Waals surface area contributed by atoms with Crippen molar-refractivity contribution in [2.24, 2.45) is 0 Å². The van der Waals surface area contributed by atoms with Gasteiger partial charge in [-0.1, -0.05) is 90.5 Å². The molecule has 41 heavy (non-hydrogen) atoms. The van der Waals surface area contributed by atoms with Crippen LogP contribution in [0.4, 0.5) is 5.69 Å². The molecule has 0 bridgehead atoms. The number of halogens is 3. The van der Waals surface area contributed by atoms with E-state index in [9.17, 15) is 18.0 Å². The Kier molecular flexibility index (Phi) is 10.6. The van der Waals surface area contributed by atoms with E-state index in [1.807, 2.05) is 0 Å². The van der Waals surface area contributed by atoms with Crippen LogP contribution in [-0.2, 0) is 26.2 Å². The third-order valence-corrected chi connectivity index (χ3v) is 10.1. The van der Waals surface area contributed by atoms with Crippen LogP contribution < -0.4 is 9.62 Å². The summed E-state index contributed by atoms with van der Waals surface area (Å²) in [5, 5.41) is 3.89. The number of amides is 2. The molecule has 0 unspecified atom stereocenters. The van der Waals surface area contributed by atoms with E-state index in [0.717, 1.165) is 36.4 Å². The summed E-state index contributed by atoms with van der Waals surface area (Å²) in [6.07, 6.45) is 4.99. The normalized spacial score (nSPS) is 14.7. The summed E-state index contributed by atoms with van der Waals surface area (Å²) in [5.41, 5.74) is 0.792. The zero-order valence-corrected chi connectivity index (χ0v) is 25.7. The van der Waals surface area contributed by atoms with E-state index >= 15 is 0 Å². The van der Waals surface area contributed by atoms with Crippen LogP contribution >= 0.6 is 34.8 Å². The van der Waals surface area contributed by atoms with Crippen molar-refractivity contribution in [2.45, 2.75) is 62.6 Å². The molecule has 1 N–H and O–H groups in total. The Balaban J connectivity index is 1.69. The Hall–Kier alpha value is -2.78. The minimum Gasteiger partial charge on any atom is -0.352 e. The SMILES string of the molecule is C[C@@H](C(=O)NC1CCCCC1)N(Cc1ccccc1Cl)C(=O)CN(c1ccc(Cl)c(Cl)c1)S(=O)(=O)c1ccccc1. The van der Waals surface area contributed by atoms with E-state index in [1.54, 1.807) is 49.4 Å². The number of carbonyl (C=O) groups is 2. The Morgan fingerprint density at radius 1 is 0.878 bits per heavy atom. The minimum atomic E-state index is -4.20. The Labute approximate surface area is 256 Å². The van der Waals surface area contributed by atoms with E-state index in [1.165, 1.54) is 35.2 Å². The van der Waals surface area contributed by atoms with E-state index in [2.05, 4.69) is 5.32 Å². The van der Waals surface area contributed by atoms with Crippen molar-refractivity contribution in [2.75, 3.05) is 10.8 Å². The van der Waals surface area contributed by atoms with Crippen molar-refractivity contribution in [1.82, 2.24) is 10.2 Å². The number of sulfonamides is 1. The first-order chi connectivity index (χ1) is 19.6. The summed E-state index contributed by atoms with van der Waals surface area (Å²) in [7, 11) is -4.20. The number of carbonyl (C=O) groups excluding carboxylic acids is 2. The van der Waals surface area contributed by atoms with Crippen LogP contribution in [0, 0.1) is 0 Å². The Morgan fingerprint density at radius 2 is 1.54 bits per heavy atom. The highest BCUT2D eigenvalue weighted by atomic mass is 35.5. The van der Waals surface area contributed by atoms with Crippen molar-refractivity contribution in [1.29, 1.82) is 0 Å². The van der Waals surface area contributed by atoms with Crippen molar-refractivity contribution in [3.05, 3.63) is 93.4 Å². The number of nitrogens with one attached hydrogen (secondary N) is 1. The third kappa shape index (κ3) is 7.74. The third-order valence-electron chi connectivity index (χ3n) is 7.22. The van der Waals surface area contributed by atoms with Crippen molar-refractivity contribution in [3.8, 4) is 0 Å². The first-order valence-corrected chi connectivity index (χ1v) is 16.0. The van der Waals surface area contributed by atoms with Crippen LogP contribution in [0.3, 0.4) is 0 Å². The highest BCUT2D eigenvalue weighted by Gasteiger charge is 2.33. The first kappa shape index (κ1) is 31.2. The van der Waals surface area contributed by atoms with Gasteiger partial charge >= 0.3 is 0 Å². The van der Waals surface area contributed by atoms with Gasteiger partial charge in [0.25, 0.3) is 10.0 Å². The maximum absolute atomic E-state index is 14.0. The van der Waals surface area contributed by atoms with Crippen LogP contribution in [0.25, 0.3) is 0 Å². The summed E-state index contributed by atoms with van der Waals surface area (Å²) in [5.74, 6) is -0.883. The molecular formula is C30H32Cl3N3O4S. The van der Waals surface area contributed by atoms with Crippen LogP contribution in [0.5, 0.6) is 0 Å². The molecule has 0 saturated heterocycles. The standard InChI is InChI=1S/C30H32Cl3N3O4S/c1-21(30(38)34-23-11-4-2-5-12-23)35(19-22-10-8-9-15-26(22)31)29(37)20-36(24-16-17-27(32)28(33)18-24)41(39,40)25-13-6-3-7-14-25/h3,6-10,13-18,21,23H,2,4-5,11-12,19-20H2,1H3,(H,34,38)/t21-/m0/s1. The zero-order valence-electron chi connectivity index (χ0n) is 22.6. The predicted molar refractivity (Wildman–Crippen MR) is 164 cm³/mol. The van der Waals surface area contributed by atoms with E-state index in [0.29, 0.717) is 10.6 Å². The average molecular weight is 637 g/mol. The van der Waals surface area contributed by atoms with Crippen molar-refractivity contribution < 1.29 is 18.0 Å². The highest BCUT2D eigenvalue weighted by Crippen LogP contribution is 2.31. The molecule has 0 heterocycles. The van der Waals surface area contributed by atoms with E-state index in [4.69, 9.17) is 34.8 Å². The smallest absolute Gasteiger partial charge is 0.264 e. The summed E-state index contributed by atoms with van der Waals surface area (Å²) in [4.78, 5) is 28.8. The maximum atomic E-state index is 14.0.